The summed E-state index contributed by atoms with van der Waals surface area (Å²) in [5.41, 5.74) is 3.61. The van der Waals surface area contributed by atoms with Gasteiger partial charge in [0.2, 0.25) is 5.91 Å². The second kappa shape index (κ2) is 11.1. The second-order valence-electron chi connectivity index (χ2n) is 8.50. The number of thioether (sulfide) groups is 1. The molecule has 0 saturated carbocycles. The molecule has 182 valence electrons. The monoisotopic (exact) mass is 510 g/mol. The Balaban J connectivity index is 1.55. The van der Waals surface area contributed by atoms with E-state index in [2.05, 4.69) is 15.3 Å². The number of hydrogen-bond acceptors (Lipinski definition) is 7. The highest BCUT2D eigenvalue weighted by molar-refractivity contribution is 8.16. The molecule has 1 amide bonds. The Labute approximate surface area is 214 Å². The van der Waals surface area contributed by atoms with Crippen LogP contribution in [0.15, 0.2) is 76.0 Å². The van der Waals surface area contributed by atoms with Gasteiger partial charge in [-0.1, -0.05) is 41.6 Å². The Bertz CT molecular complexity index is 1190. The smallest absolute Gasteiger partial charge is 0.338 e. The van der Waals surface area contributed by atoms with Crippen LogP contribution in [0.2, 0.25) is 5.02 Å². The second-order valence-corrected chi connectivity index (χ2v) is 9.77. The molecule has 0 fully saturated rings. The van der Waals surface area contributed by atoms with Crippen LogP contribution in [0.4, 0.5) is 0 Å². The summed E-state index contributed by atoms with van der Waals surface area (Å²) in [6.45, 7) is 5.93. The van der Waals surface area contributed by atoms with Crippen molar-refractivity contribution in [2.45, 2.75) is 45.8 Å². The minimum absolute atomic E-state index is 0.110. The Morgan fingerprint density at radius 3 is 2.66 bits per heavy atom. The summed E-state index contributed by atoms with van der Waals surface area (Å²) in [6.07, 6.45) is 2.27. The molecule has 0 spiro atoms. The first kappa shape index (κ1) is 25.0. The van der Waals surface area contributed by atoms with Crippen LogP contribution in [0.5, 0.6) is 0 Å². The normalized spacial score (nSPS) is 17.2. The van der Waals surface area contributed by atoms with Gasteiger partial charge in [-0.25, -0.2) is 9.79 Å². The van der Waals surface area contributed by atoms with Crippen molar-refractivity contribution >= 4 is 40.4 Å². The molecule has 0 aliphatic carbocycles. The van der Waals surface area contributed by atoms with Gasteiger partial charge in [-0.05, 0) is 56.0 Å². The fraction of sp³-hybridized carbons (Fsp3) is 0.308. The van der Waals surface area contributed by atoms with Crippen LogP contribution in [0.1, 0.15) is 44.5 Å². The van der Waals surface area contributed by atoms with Crippen molar-refractivity contribution in [1.29, 1.82) is 0 Å². The van der Waals surface area contributed by atoms with E-state index in [1.807, 2.05) is 61.4 Å². The molecule has 3 heterocycles. The summed E-state index contributed by atoms with van der Waals surface area (Å²) in [4.78, 5) is 36.9. The Hall–Kier alpha value is -3.10. The molecule has 0 saturated heterocycles. The highest BCUT2D eigenvalue weighted by Crippen LogP contribution is 2.45. The van der Waals surface area contributed by atoms with Gasteiger partial charge in [0.05, 0.1) is 29.8 Å². The van der Waals surface area contributed by atoms with Crippen LogP contribution in [0.25, 0.3) is 0 Å². The Kier molecular flexibility index (Phi) is 7.93. The largest absolute Gasteiger partial charge is 0.459 e. The number of rotatable bonds is 8. The van der Waals surface area contributed by atoms with Gasteiger partial charge in [-0.3, -0.25) is 9.78 Å². The predicted octanol–water partition coefficient (Wildman–Crippen LogP) is 5.01. The minimum Gasteiger partial charge on any atom is -0.459 e. The lowest BCUT2D eigenvalue weighted by atomic mass is 9.94. The fourth-order valence-electron chi connectivity index (χ4n) is 3.97. The number of pyridine rings is 1. The number of aliphatic imine (C=N–C) groups is 1. The van der Waals surface area contributed by atoms with Gasteiger partial charge in [0, 0.05) is 35.6 Å². The third-order valence-corrected chi connectivity index (χ3v) is 6.66. The molecule has 7 nitrogen and oxygen atoms in total. The highest BCUT2D eigenvalue weighted by atomic mass is 35.5. The van der Waals surface area contributed by atoms with Crippen molar-refractivity contribution in [3.05, 3.63) is 87.3 Å². The van der Waals surface area contributed by atoms with Gasteiger partial charge >= 0.3 is 5.97 Å². The van der Waals surface area contributed by atoms with E-state index < -0.39 is 12.0 Å². The quantitative estimate of drug-likeness (QED) is 0.502. The summed E-state index contributed by atoms with van der Waals surface area (Å²) in [7, 11) is 0. The van der Waals surface area contributed by atoms with Crippen LogP contribution in [0.3, 0.4) is 0 Å². The molecule has 1 atom stereocenters. The molecule has 1 aromatic heterocycles. The number of amides is 1. The average Bonchev–Trinajstić information content (AvgIpc) is 3.20. The van der Waals surface area contributed by atoms with E-state index >= 15 is 0 Å². The number of halogens is 1. The highest BCUT2D eigenvalue weighted by Gasteiger charge is 2.41. The number of esters is 1. The van der Waals surface area contributed by atoms with Crippen LogP contribution >= 0.6 is 23.4 Å². The summed E-state index contributed by atoms with van der Waals surface area (Å²) in [5.74, 6) is -0.530. The molecular formula is C26H27ClN4O3S. The van der Waals surface area contributed by atoms with Gasteiger partial charge in [0.15, 0.2) is 5.17 Å². The maximum Gasteiger partial charge on any atom is 0.338 e. The summed E-state index contributed by atoms with van der Waals surface area (Å²) in [5, 5.41) is 6.21. The number of allylic oxidation sites excluding steroid dienone is 1. The van der Waals surface area contributed by atoms with E-state index in [-0.39, 0.29) is 18.4 Å². The molecule has 35 heavy (non-hydrogen) atoms. The first-order chi connectivity index (χ1) is 16.8. The predicted molar refractivity (Wildman–Crippen MR) is 139 cm³/mol. The van der Waals surface area contributed by atoms with E-state index in [9.17, 15) is 9.59 Å². The van der Waals surface area contributed by atoms with E-state index in [0.717, 1.165) is 22.1 Å². The number of nitrogens with one attached hydrogen (secondary N) is 1. The number of benzene rings is 1. The third-order valence-electron chi connectivity index (χ3n) is 5.52. The number of carbonyl (C=O) groups excluding carboxylic acids is 2. The summed E-state index contributed by atoms with van der Waals surface area (Å²) < 4.78 is 5.57. The molecule has 0 radical (unpaired) electrons. The Morgan fingerprint density at radius 2 is 1.97 bits per heavy atom. The lowest BCUT2D eigenvalue weighted by molar-refractivity contribution is -0.143. The number of ether oxygens (including phenoxy) is 1. The molecule has 1 unspecified atom stereocenters. The standard InChI is InChI=1S/C26H27ClN4O3S/c1-16(2)34-25(33)23-17(3)30-26-31(24(23)18-7-9-19(27)10-8-18)21(15-35-26)14-22(32)29-13-11-20-6-4-5-12-28-20/h4-10,12,15-16,24H,11,13-14H2,1-3H3,(H,29,32). The lowest BCUT2D eigenvalue weighted by Crippen LogP contribution is -2.38. The molecule has 1 N–H and O–H groups in total. The fourth-order valence-corrected chi connectivity index (χ4v) is 5.06. The number of amidine groups is 1. The minimum atomic E-state index is -0.478. The number of nitrogens with zero attached hydrogens (tertiary/aromatic N) is 3. The third kappa shape index (κ3) is 5.94. The van der Waals surface area contributed by atoms with Crippen LogP contribution in [-0.4, -0.2) is 39.6 Å². The number of carbonyl (C=O) groups is 2. The summed E-state index contributed by atoms with van der Waals surface area (Å²) >= 11 is 7.58. The molecular weight excluding hydrogens is 484 g/mol. The van der Waals surface area contributed by atoms with Crippen LogP contribution in [0, 0.1) is 0 Å². The van der Waals surface area contributed by atoms with Crippen molar-refractivity contribution in [1.82, 2.24) is 15.2 Å². The van der Waals surface area contributed by atoms with Crippen molar-refractivity contribution in [3.63, 3.8) is 0 Å². The molecule has 9 heteroatoms. The van der Waals surface area contributed by atoms with Crippen LogP contribution in [-0.2, 0) is 20.7 Å². The molecule has 2 aliphatic rings. The molecule has 1 aromatic carbocycles. The topological polar surface area (TPSA) is 83.9 Å². The number of fused-ring (bicyclic) bond motifs is 1. The SMILES string of the molecule is CC1=C(C(=O)OC(C)C)C(c2ccc(Cl)cc2)N2C(CC(=O)NCCc3ccccn3)=CSC2=N1. The zero-order valence-corrected chi connectivity index (χ0v) is 21.4. The number of hydrogen-bond donors (Lipinski definition) is 1. The van der Waals surface area contributed by atoms with Gasteiger partial charge in [0.1, 0.15) is 0 Å². The molecule has 4 rings (SSSR count). The van der Waals surface area contributed by atoms with Crippen molar-refractivity contribution in [3.8, 4) is 0 Å². The molecule has 2 aromatic rings. The Morgan fingerprint density at radius 1 is 1.20 bits per heavy atom. The zero-order valence-electron chi connectivity index (χ0n) is 19.8. The lowest BCUT2D eigenvalue weighted by Gasteiger charge is -2.36. The maximum absolute atomic E-state index is 13.1. The first-order valence-corrected chi connectivity index (χ1v) is 12.7. The van der Waals surface area contributed by atoms with E-state index in [0.29, 0.717) is 29.3 Å². The van der Waals surface area contributed by atoms with Crippen molar-refractivity contribution in [2.75, 3.05) is 6.54 Å². The van der Waals surface area contributed by atoms with Gasteiger partial charge in [-0.2, -0.15) is 0 Å². The van der Waals surface area contributed by atoms with Gasteiger partial charge in [0.25, 0.3) is 0 Å². The van der Waals surface area contributed by atoms with Crippen molar-refractivity contribution < 1.29 is 14.3 Å². The van der Waals surface area contributed by atoms with E-state index in [4.69, 9.17) is 16.3 Å². The number of aromatic nitrogens is 1. The van der Waals surface area contributed by atoms with Gasteiger partial charge < -0.3 is 15.0 Å². The van der Waals surface area contributed by atoms with Gasteiger partial charge in [-0.15, -0.1) is 0 Å². The first-order valence-electron chi connectivity index (χ1n) is 11.4. The van der Waals surface area contributed by atoms with E-state index in [1.54, 1.807) is 18.3 Å². The summed E-state index contributed by atoms with van der Waals surface area (Å²) in [6, 6.07) is 12.6. The zero-order chi connectivity index (χ0) is 24.9. The van der Waals surface area contributed by atoms with Crippen molar-refractivity contribution in [2.24, 2.45) is 4.99 Å². The molecule has 0 bridgehead atoms. The maximum atomic E-state index is 13.1. The van der Waals surface area contributed by atoms with E-state index in [1.165, 1.54) is 11.8 Å². The molecule has 2 aliphatic heterocycles. The van der Waals surface area contributed by atoms with Crippen LogP contribution < -0.4 is 5.32 Å². The average molecular weight is 511 g/mol.